The second-order valence-corrected chi connectivity index (χ2v) is 8.68. The van der Waals surface area contributed by atoms with Crippen LogP contribution in [0.4, 0.5) is 11.4 Å². The number of carbonyl (C=O) groups is 1. The maximum Gasteiger partial charge on any atom is 0.336 e. The van der Waals surface area contributed by atoms with E-state index in [9.17, 15) is 15.0 Å². The number of pyridine rings is 1. The minimum absolute atomic E-state index is 0.356. The second kappa shape index (κ2) is 9.53. The molecule has 0 amide bonds. The highest BCUT2D eigenvalue weighted by molar-refractivity contribution is 5.89. The number of aromatic nitrogens is 1. The van der Waals surface area contributed by atoms with Crippen LogP contribution in [0.3, 0.4) is 0 Å². The third-order valence-corrected chi connectivity index (χ3v) is 6.61. The van der Waals surface area contributed by atoms with Crippen molar-refractivity contribution in [1.82, 2.24) is 4.98 Å². The van der Waals surface area contributed by atoms with Crippen molar-refractivity contribution in [3.05, 3.63) is 88.7 Å². The van der Waals surface area contributed by atoms with Crippen LogP contribution in [0.15, 0.2) is 60.9 Å². The van der Waals surface area contributed by atoms with Crippen LogP contribution in [0, 0.1) is 0 Å². The lowest BCUT2D eigenvalue weighted by Gasteiger charge is -2.28. The van der Waals surface area contributed by atoms with Crippen LogP contribution in [0.5, 0.6) is 0 Å². The largest absolute Gasteiger partial charge is 0.478 e. The Bertz CT molecular complexity index is 1090. The fourth-order valence-corrected chi connectivity index (χ4v) is 4.70. The Hall–Kier alpha value is -3.18. The predicted octanol–water partition coefficient (Wildman–Crippen LogP) is 5.65. The number of hydrogen-bond acceptors (Lipinski definition) is 4. The zero-order valence-electron chi connectivity index (χ0n) is 18.7. The van der Waals surface area contributed by atoms with Crippen molar-refractivity contribution in [3.63, 3.8) is 0 Å². The van der Waals surface area contributed by atoms with E-state index >= 15 is 0 Å². The van der Waals surface area contributed by atoms with Gasteiger partial charge in [-0.15, -0.1) is 0 Å². The van der Waals surface area contributed by atoms with Gasteiger partial charge < -0.3 is 15.1 Å². The smallest absolute Gasteiger partial charge is 0.336 e. The van der Waals surface area contributed by atoms with Crippen molar-refractivity contribution in [2.24, 2.45) is 0 Å². The molecule has 4 rings (SSSR count). The number of aliphatic hydroxyl groups is 1. The Morgan fingerprint density at radius 2 is 1.91 bits per heavy atom. The monoisotopic (exact) mass is 430 g/mol. The molecule has 1 aromatic heterocycles. The molecule has 0 spiro atoms. The summed E-state index contributed by atoms with van der Waals surface area (Å²) in [5.41, 5.74) is 7.08. The topological polar surface area (TPSA) is 73.7 Å². The van der Waals surface area contributed by atoms with Crippen LogP contribution in [-0.2, 0) is 12.8 Å². The fraction of sp³-hybridized carbons (Fsp3) is 0.333. The molecule has 0 aliphatic heterocycles. The normalized spacial score (nSPS) is 16.3. The van der Waals surface area contributed by atoms with Gasteiger partial charge >= 0.3 is 5.97 Å². The van der Waals surface area contributed by atoms with Crippen LogP contribution in [0.2, 0.25) is 0 Å². The number of nitrogens with zero attached hydrogens (tertiary/aromatic N) is 2. The number of anilines is 2. The van der Waals surface area contributed by atoms with Gasteiger partial charge in [0.05, 0.1) is 11.7 Å². The van der Waals surface area contributed by atoms with Crippen LogP contribution >= 0.6 is 0 Å². The van der Waals surface area contributed by atoms with Gasteiger partial charge in [-0.3, -0.25) is 4.98 Å². The first kappa shape index (κ1) is 22.0. The van der Waals surface area contributed by atoms with Gasteiger partial charge in [-0.2, -0.15) is 0 Å². The number of aliphatic hydroxyl groups excluding tert-OH is 1. The lowest BCUT2D eigenvalue weighted by atomic mass is 9.79. The Labute approximate surface area is 189 Å². The molecular formula is C27H30N2O3. The van der Waals surface area contributed by atoms with E-state index in [4.69, 9.17) is 0 Å². The Balaban J connectivity index is 1.51. The van der Waals surface area contributed by atoms with Gasteiger partial charge in [-0.1, -0.05) is 18.2 Å². The lowest BCUT2D eigenvalue weighted by Crippen LogP contribution is -2.14. The Morgan fingerprint density at radius 1 is 1.16 bits per heavy atom. The number of carboxylic acids is 1. The summed E-state index contributed by atoms with van der Waals surface area (Å²) in [5, 5.41) is 19.2. The zero-order valence-corrected chi connectivity index (χ0v) is 18.7. The number of aryl methyl sites for hydroxylation is 2. The summed E-state index contributed by atoms with van der Waals surface area (Å²) < 4.78 is 0. The highest BCUT2D eigenvalue weighted by atomic mass is 16.4. The molecule has 1 heterocycles. The van der Waals surface area contributed by atoms with E-state index in [-0.39, 0.29) is 0 Å². The summed E-state index contributed by atoms with van der Waals surface area (Å²) in [7, 11) is 2.06. The summed E-state index contributed by atoms with van der Waals surface area (Å²) >= 11 is 0. The minimum Gasteiger partial charge on any atom is -0.478 e. The Morgan fingerprint density at radius 3 is 2.62 bits per heavy atom. The van der Waals surface area contributed by atoms with E-state index < -0.39 is 12.1 Å². The van der Waals surface area contributed by atoms with E-state index in [1.165, 1.54) is 11.1 Å². The predicted molar refractivity (Wildman–Crippen MR) is 127 cm³/mol. The number of fused-ring (bicyclic) bond motifs is 1. The summed E-state index contributed by atoms with van der Waals surface area (Å²) in [6, 6.07) is 16.3. The molecule has 1 aliphatic carbocycles. The van der Waals surface area contributed by atoms with Crippen molar-refractivity contribution in [1.29, 1.82) is 0 Å². The van der Waals surface area contributed by atoms with Gasteiger partial charge in [-0.25, -0.2) is 4.79 Å². The molecule has 2 N–H and O–H groups in total. The van der Waals surface area contributed by atoms with Crippen LogP contribution in [-0.4, -0.2) is 28.2 Å². The quantitative estimate of drug-likeness (QED) is 0.506. The SMILES string of the molecule is C[C@H](O)c1ccc(N(C)c2ccc3c(c2)CCCC3CCc2cnccc2C(=O)O)cc1. The van der Waals surface area contributed by atoms with Gasteiger partial charge in [0.1, 0.15) is 0 Å². The van der Waals surface area contributed by atoms with E-state index in [2.05, 4.69) is 35.1 Å². The molecule has 32 heavy (non-hydrogen) atoms. The minimum atomic E-state index is -0.888. The molecule has 0 radical (unpaired) electrons. The van der Waals surface area contributed by atoms with E-state index in [0.717, 1.165) is 54.6 Å². The van der Waals surface area contributed by atoms with Crippen molar-refractivity contribution < 1.29 is 15.0 Å². The first-order chi connectivity index (χ1) is 15.4. The van der Waals surface area contributed by atoms with Crippen molar-refractivity contribution in [2.75, 3.05) is 11.9 Å². The average Bonchev–Trinajstić information content (AvgIpc) is 2.82. The molecule has 1 aliphatic rings. The van der Waals surface area contributed by atoms with E-state index in [1.807, 2.05) is 24.3 Å². The van der Waals surface area contributed by atoms with Crippen LogP contribution in [0.25, 0.3) is 0 Å². The van der Waals surface area contributed by atoms with E-state index in [1.54, 1.807) is 25.4 Å². The standard InChI is InChI=1S/C27H30N2O3/c1-18(30)19-8-10-23(11-9-19)29(2)24-12-13-25-20(4-3-5-21(25)16-24)6-7-22-17-28-15-14-26(22)27(31)32/h8-18,20,30H,3-7H2,1-2H3,(H,31,32)/t18-,20?/m0/s1. The van der Waals surface area contributed by atoms with Crippen molar-refractivity contribution in [3.8, 4) is 0 Å². The number of hydrogen-bond donors (Lipinski definition) is 2. The van der Waals surface area contributed by atoms with Gasteiger partial charge in [0.2, 0.25) is 0 Å². The number of benzene rings is 2. The van der Waals surface area contributed by atoms with Gasteiger partial charge in [0.25, 0.3) is 0 Å². The highest BCUT2D eigenvalue weighted by Crippen LogP contribution is 2.38. The first-order valence-electron chi connectivity index (χ1n) is 11.2. The number of carboxylic acid groups (broad SMARTS) is 1. The molecule has 2 aromatic carbocycles. The molecule has 0 fully saturated rings. The van der Waals surface area contributed by atoms with Crippen molar-refractivity contribution in [2.45, 2.75) is 51.0 Å². The molecule has 5 heteroatoms. The molecule has 5 nitrogen and oxygen atoms in total. The average molecular weight is 431 g/mol. The molecular weight excluding hydrogens is 400 g/mol. The molecule has 1 unspecified atom stereocenters. The number of rotatable bonds is 7. The van der Waals surface area contributed by atoms with E-state index in [0.29, 0.717) is 11.5 Å². The third kappa shape index (κ3) is 4.68. The molecule has 166 valence electrons. The second-order valence-electron chi connectivity index (χ2n) is 8.68. The summed E-state index contributed by atoms with van der Waals surface area (Å²) in [5.74, 6) is -0.453. The molecule has 0 bridgehead atoms. The zero-order chi connectivity index (χ0) is 22.7. The summed E-state index contributed by atoms with van der Waals surface area (Å²) in [6.07, 6.45) is 7.76. The lowest BCUT2D eigenvalue weighted by molar-refractivity contribution is 0.0695. The van der Waals surface area contributed by atoms with Gasteiger partial charge in [-0.05, 0) is 97.5 Å². The van der Waals surface area contributed by atoms with Gasteiger partial charge in [0, 0.05) is 30.8 Å². The molecule has 3 aromatic rings. The Kier molecular flexibility index (Phi) is 6.56. The molecule has 0 saturated carbocycles. The van der Waals surface area contributed by atoms with Crippen LogP contribution in [0.1, 0.15) is 70.8 Å². The highest BCUT2D eigenvalue weighted by Gasteiger charge is 2.22. The number of aromatic carboxylic acids is 1. The third-order valence-electron chi connectivity index (χ3n) is 6.61. The maximum atomic E-state index is 11.5. The van der Waals surface area contributed by atoms with Crippen LogP contribution < -0.4 is 4.90 Å². The van der Waals surface area contributed by atoms with Crippen molar-refractivity contribution >= 4 is 17.3 Å². The molecule has 2 atom stereocenters. The molecule has 0 saturated heterocycles. The fourth-order valence-electron chi connectivity index (χ4n) is 4.70. The summed E-state index contributed by atoms with van der Waals surface area (Å²) in [4.78, 5) is 17.8. The maximum absolute atomic E-state index is 11.5. The first-order valence-corrected chi connectivity index (χ1v) is 11.2. The summed E-state index contributed by atoms with van der Waals surface area (Å²) in [6.45, 7) is 1.77. The van der Waals surface area contributed by atoms with Gasteiger partial charge in [0.15, 0.2) is 0 Å².